The second-order valence-corrected chi connectivity index (χ2v) is 4.48. The van der Waals surface area contributed by atoms with Crippen LogP contribution in [0.2, 0.25) is 0 Å². The normalized spacial score (nSPS) is 13.2. The molecule has 106 valence electrons. The number of carboxylic acids is 1. The van der Waals surface area contributed by atoms with Gasteiger partial charge in [-0.05, 0) is 36.9 Å². The van der Waals surface area contributed by atoms with E-state index in [4.69, 9.17) is 16.7 Å². The highest BCUT2D eigenvalue weighted by molar-refractivity contribution is 6.64. The highest BCUT2D eigenvalue weighted by Gasteiger charge is 2.21. The van der Waals surface area contributed by atoms with Crippen LogP contribution >= 0.6 is 24.0 Å². The van der Waals surface area contributed by atoms with Gasteiger partial charge in [-0.15, -0.1) is 12.4 Å². The standard InChI is InChI=1S/C13H16ClNO3.ClH/c1-9(12(14)16)15-11(13(17)18)8-7-10-5-3-2-4-6-10;/h2-6,9,11,15H,7-8H2,1H3,(H,17,18);1H/t9-,11?;/m0./s1. The first-order valence-electron chi connectivity index (χ1n) is 5.73. The van der Waals surface area contributed by atoms with E-state index in [-0.39, 0.29) is 12.4 Å². The molecule has 0 aliphatic rings. The van der Waals surface area contributed by atoms with Crippen LogP contribution in [0.3, 0.4) is 0 Å². The number of halogens is 2. The zero-order chi connectivity index (χ0) is 13.5. The zero-order valence-corrected chi connectivity index (χ0v) is 12.1. The summed E-state index contributed by atoms with van der Waals surface area (Å²) in [5.74, 6) is -0.976. The fraction of sp³-hybridized carbons (Fsp3) is 0.385. The van der Waals surface area contributed by atoms with E-state index in [9.17, 15) is 9.59 Å². The van der Waals surface area contributed by atoms with Gasteiger partial charge in [0.15, 0.2) is 0 Å². The molecule has 0 heterocycles. The third-order valence-corrected chi connectivity index (χ3v) is 2.98. The Morgan fingerprint density at radius 1 is 1.32 bits per heavy atom. The van der Waals surface area contributed by atoms with E-state index < -0.39 is 23.3 Å². The van der Waals surface area contributed by atoms with E-state index in [0.717, 1.165) is 5.56 Å². The second kappa shape index (κ2) is 8.91. The van der Waals surface area contributed by atoms with Gasteiger partial charge in [-0.2, -0.15) is 0 Å². The first-order chi connectivity index (χ1) is 8.50. The van der Waals surface area contributed by atoms with Gasteiger partial charge in [0.25, 0.3) is 0 Å². The van der Waals surface area contributed by atoms with Gasteiger partial charge in [0.1, 0.15) is 6.04 Å². The minimum absolute atomic E-state index is 0. The van der Waals surface area contributed by atoms with Gasteiger partial charge >= 0.3 is 5.97 Å². The van der Waals surface area contributed by atoms with Crippen LogP contribution < -0.4 is 5.32 Å². The molecule has 0 aliphatic heterocycles. The lowest BCUT2D eigenvalue weighted by Gasteiger charge is -2.17. The highest BCUT2D eigenvalue weighted by atomic mass is 35.5. The summed E-state index contributed by atoms with van der Waals surface area (Å²) in [6.45, 7) is 1.55. The van der Waals surface area contributed by atoms with Gasteiger partial charge in [-0.3, -0.25) is 14.9 Å². The Bertz CT molecular complexity index is 412. The SMILES string of the molecule is C[C@H](NC(CCc1ccccc1)C(=O)O)C(=O)Cl.Cl. The fourth-order valence-electron chi connectivity index (χ4n) is 1.60. The Hall–Kier alpha value is -1.10. The first kappa shape index (κ1) is 17.9. The van der Waals surface area contributed by atoms with Crippen molar-refractivity contribution in [3.05, 3.63) is 35.9 Å². The number of aryl methyl sites for hydroxylation is 1. The van der Waals surface area contributed by atoms with Crippen molar-refractivity contribution >= 4 is 35.2 Å². The van der Waals surface area contributed by atoms with Gasteiger partial charge < -0.3 is 5.11 Å². The molecule has 1 aromatic carbocycles. The predicted molar refractivity (Wildman–Crippen MR) is 76.9 cm³/mol. The van der Waals surface area contributed by atoms with Crippen LogP contribution in [-0.2, 0) is 16.0 Å². The molecule has 1 unspecified atom stereocenters. The van der Waals surface area contributed by atoms with Crippen molar-refractivity contribution in [2.24, 2.45) is 0 Å². The molecule has 0 saturated carbocycles. The number of hydrogen-bond donors (Lipinski definition) is 2. The molecule has 0 amide bonds. The topological polar surface area (TPSA) is 66.4 Å². The molecule has 0 saturated heterocycles. The van der Waals surface area contributed by atoms with Crippen LogP contribution in [0.4, 0.5) is 0 Å². The van der Waals surface area contributed by atoms with Gasteiger partial charge in [-0.1, -0.05) is 30.3 Å². The third-order valence-electron chi connectivity index (χ3n) is 2.65. The molecule has 0 fully saturated rings. The first-order valence-corrected chi connectivity index (χ1v) is 6.10. The summed E-state index contributed by atoms with van der Waals surface area (Å²) in [5, 5.41) is 11.2. The molecular formula is C13H17Cl2NO3. The van der Waals surface area contributed by atoms with Crippen molar-refractivity contribution < 1.29 is 14.7 Å². The minimum atomic E-state index is -0.976. The summed E-state index contributed by atoms with van der Waals surface area (Å²) in [7, 11) is 0. The van der Waals surface area contributed by atoms with E-state index in [1.165, 1.54) is 0 Å². The van der Waals surface area contributed by atoms with Crippen LogP contribution in [0.1, 0.15) is 18.9 Å². The van der Waals surface area contributed by atoms with Crippen LogP contribution in [0.5, 0.6) is 0 Å². The lowest BCUT2D eigenvalue weighted by atomic mass is 10.0. The van der Waals surface area contributed by atoms with E-state index in [0.29, 0.717) is 12.8 Å². The Balaban J connectivity index is 0.00000324. The zero-order valence-electron chi connectivity index (χ0n) is 10.5. The predicted octanol–water partition coefficient (Wildman–Crippen LogP) is 2.24. The van der Waals surface area contributed by atoms with E-state index in [2.05, 4.69) is 5.32 Å². The number of hydrogen-bond acceptors (Lipinski definition) is 3. The molecule has 0 radical (unpaired) electrons. The van der Waals surface area contributed by atoms with Crippen LogP contribution in [0, 0.1) is 0 Å². The van der Waals surface area contributed by atoms with Crippen molar-refractivity contribution in [1.82, 2.24) is 5.32 Å². The smallest absolute Gasteiger partial charge is 0.320 e. The van der Waals surface area contributed by atoms with Gasteiger partial charge in [0.2, 0.25) is 5.24 Å². The molecular weight excluding hydrogens is 289 g/mol. The number of rotatable bonds is 7. The summed E-state index contributed by atoms with van der Waals surface area (Å²) in [5.41, 5.74) is 1.07. The second-order valence-electron chi connectivity index (χ2n) is 4.11. The highest BCUT2D eigenvalue weighted by Crippen LogP contribution is 2.06. The number of benzene rings is 1. The maximum atomic E-state index is 11.1. The summed E-state index contributed by atoms with van der Waals surface area (Å²) in [4.78, 5) is 21.9. The van der Waals surface area contributed by atoms with Crippen LogP contribution in [0.15, 0.2) is 30.3 Å². The summed E-state index contributed by atoms with van der Waals surface area (Å²) >= 11 is 5.30. The maximum absolute atomic E-state index is 11.1. The lowest BCUT2D eigenvalue weighted by molar-refractivity contribution is -0.139. The molecule has 19 heavy (non-hydrogen) atoms. The molecule has 1 aromatic rings. The Morgan fingerprint density at radius 3 is 2.37 bits per heavy atom. The largest absolute Gasteiger partial charge is 0.480 e. The molecule has 6 heteroatoms. The average molecular weight is 306 g/mol. The van der Waals surface area contributed by atoms with Gasteiger partial charge in [0.05, 0.1) is 6.04 Å². The summed E-state index contributed by atoms with van der Waals surface area (Å²) in [6, 6.07) is 8.16. The molecule has 0 bridgehead atoms. The number of carbonyl (C=O) groups is 2. The molecule has 0 aromatic heterocycles. The Morgan fingerprint density at radius 2 is 1.89 bits per heavy atom. The summed E-state index contributed by atoms with van der Waals surface area (Å²) < 4.78 is 0. The van der Waals surface area contributed by atoms with E-state index >= 15 is 0 Å². The maximum Gasteiger partial charge on any atom is 0.320 e. The minimum Gasteiger partial charge on any atom is -0.480 e. The number of carboxylic acid groups (broad SMARTS) is 1. The third kappa shape index (κ3) is 6.57. The van der Waals surface area contributed by atoms with Crippen molar-refractivity contribution in [1.29, 1.82) is 0 Å². The van der Waals surface area contributed by atoms with Crippen molar-refractivity contribution in [3.63, 3.8) is 0 Å². The number of nitrogens with one attached hydrogen (secondary N) is 1. The monoisotopic (exact) mass is 305 g/mol. The van der Waals surface area contributed by atoms with Crippen molar-refractivity contribution in [3.8, 4) is 0 Å². The molecule has 2 atom stereocenters. The number of carbonyl (C=O) groups excluding carboxylic acids is 1. The van der Waals surface area contributed by atoms with E-state index in [1.807, 2.05) is 30.3 Å². The van der Waals surface area contributed by atoms with Gasteiger partial charge in [-0.25, -0.2) is 0 Å². The quantitative estimate of drug-likeness (QED) is 0.758. The average Bonchev–Trinajstić information content (AvgIpc) is 2.34. The molecule has 0 aliphatic carbocycles. The van der Waals surface area contributed by atoms with Crippen LogP contribution in [-0.4, -0.2) is 28.4 Å². The van der Waals surface area contributed by atoms with Crippen molar-refractivity contribution in [2.75, 3.05) is 0 Å². The van der Waals surface area contributed by atoms with Crippen molar-refractivity contribution in [2.45, 2.75) is 31.8 Å². The van der Waals surface area contributed by atoms with E-state index in [1.54, 1.807) is 6.92 Å². The fourth-order valence-corrected chi connectivity index (χ4v) is 1.66. The lowest BCUT2D eigenvalue weighted by Crippen LogP contribution is -2.44. The number of aliphatic carboxylic acids is 1. The van der Waals surface area contributed by atoms with Gasteiger partial charge in [0, 0.05) is 0 Å². The molecule has 1 rings (SSSR count). The Kier molecular flexibility index (Phi) is 8.39. The molecule has 0 spiro atoms. The van der Waals surface area contributed by atoms with Crippen LogP contribution in [0.25, 0.3) is 0 Å². The molecule has 4 nitrogen and oxygen atoms in total. The Labute approximate surface area is 123 Å². The molecule has 2 N–H and O–H groups in total. The summed E-state index contributed by atoms with van der Waals surface area (Å²) in [6.07, 6.45) is 1.04.